The first kappa shape index (κ1) is 13.3. The first-order valence-electron chi connectivity index (χ1n) is 6.23. The Morgan fingerprint density at radius 3 is 2.42 bits per heavy atom. The Morgan fingerprint density at radius 2 is 1.89 bits per heavy atom. The van der Waals surface area contributed by atoms with E-state index in [0.717, 1.165) is 5.56 Å². The van der Waals surface area contributed by atoms with Gasteiger partial charge in [-0.15, -0.1) is 10.2 Å². The largest absolute Gasteiger partial charge is 0.423 e. The summed E-state index contributed by atoms with van der Waals surface area (Å²) in [7, 11) is 0. The summed E-state index contributed by atoms with van der Waals surface area (Å²) in [4.78, 5) is 11.9. The highest BCUT2D eigenvalue weighted by atomic mass is 16.4. The molecule has 5 nitrogen and oxygen atoms in total. The number of carbonyl (C=O) groups is 1. The van der Waals surface area contributed by atoms with E-state index >= 15 is 0 Å². The maximum atomic E-state index is 11.9. The molecular formula is C14H17N3O2. The first-order chi connectivity index (χ1) is 9.08. The van der Waals surface area contributed by atoms with Crippen molar-refractivity contribution in [3.8, 4) is 0 Å². The van der Waals surface area contributed by atoms with E-state index in [0.29, 0.717) is 11.8 Å². The predicted octanol–water partition coefficient (Wildman–Crippen LogP) is 2.24. The van der Waals surface area contributed by atoms with Gasteiger partial charge in [-0.1, -0.05) is 44.2 Å². The summed E-state index contributed by atoms with van der Waals surface area (Å²) in [6, 6.07) is 9.18. The SMILES string of the molecule is Cc1nnc(C(NC(=O)C(C)C)c2ccccc2)o1. The molecule has 2 aromatic rings. The molecule has 0 aliphatic rings. The molecule has 1 aromatic heterocycles. The Balaban J connectivity index is 2.31. The molecule has 100 valence electrons. The Morgan fingerprint density at radius 1 is 1.21 bits per heavy atom. The summed E-state index contributed by atoms with van der Waals surface area (Å²) in [6.45, 7) is 5.41. The van der Waals surface area contributed by atoms with Gasteiger partial charge in [0.1, 0.15) is 6.04 Å². The molecule has 2 rings (SSSR count). The van der Waals surface area contributed by atoms with E-state index in [9.17, 15) is 4.79 Å². The lowest BCUT2D eigenvalue weighted by Crippen LogP contribution is -2.32. The van der Waals surface area contributed by atoms with Crippen LogP contribution in [0, 0.1) is 12.8 Å². The third-order valence-corrected chi connectivity index (χ3v) is 2.73. The average molecular weight is 259 g/mol. The fourth-order valence-corrected chi connectivity index (χ4v) is 1.67. The summed E-state index contributed by atoms with van der Waals surface area (Å²) < 4.78 is 5.44. The maximum Gasteiger partial charge on any atom is 0.243 e. The van der Waals surface area contributed by atoms with E-state index in [-0.39, 0.29) is 11.8 Å². The lowest BCUT2D eigenvalue weighted by atomic mass is 10.1. The standard InChI is InChI=1S/C14H17N3O2/c1-9(2)13(18)15-12(11-7-5-4-6-8-11)14-17-16-10(3)19-14/h4-9,12H,1-3H3,(H,15,18). The van der Waals surface area contributed by atoms with Gasteiger partial charge in [0, 0.05) is 12.8 Å². The van der Waals surface area contributed by atoms with Crippen molar-refractivity contribution in [3.63, 3.8) is 0 Å². The average Bonchev–Trinajstić information content (AvgIpc) is 2.83. The van der Waals surface area contributed by atoms with Gasteiger partial charge < -0.3 is 9.73 Å². The van der Waals surface area contributed by atoms with Crippen molar-refractivity contribution in [1.29, 1.82) is 0 Å². The molecule has 1 heterocycles. The van der Waals surface area contributed by atoms with Gasteiger partial charge in [0.2, 0.25) is 17.7 Å². The molecule has 0 aliphatic heterocycles. The van der Waals surface area contributed by atoms with Crippen LogP contribution in [0.3, 0.4) is 0 Å². The quantitative estimate of drug-likeness (QED) is 0.914. The van der Waals surface area contributed by atoms with E-state index in [1.54, 1.807) is 6.92 Å². The maximum absolute atomic E-state index is 11.9. The Hall–Kier alpha value is -2.17. The smallest absolute Gasteiger partial charge is 0.243 e. The molecule has 1 aromatic carbocycles. The highest BCUT2D eigenvalue weighted by molar-refractivity contribution is 5.78. The first-order valence-corrected chi connectivity index (χ1v) is 6.23. The second-order valence-electron chi connectivity index (χ2n) is 4.67. The summed E-state index contributed by atoms with van der Waals surface area (Å²) in [5.74, 6) is 0.729. The molecule has 1 amide bonds. The highest BCUT2D eigenvalue weighted by Crippen LogP contribution is 2.21. The molecule has 0 spiro atoms. The summed E-state index contributed by atoms with van der Waals surface area (Å²) in [5.41, 5.74) is 0.917. The van der Waals surface area contributed by atoms with Crippen LogP contribution in [0.4, 0.5) is 0 Å². The van der Waals surface area contributed by atoms with Crippen LogP contribution in [-0.2, 0) is 4.79 Å². The fraction of sp³-hybridized carbons (Fsp3) is 0.357. The Bertz CT molecular complexity index is 549. The molecule has 0 aliphatic carbocycles. The van der Waals surface area contributed by atoms with Gasteiger partial charge in [-0.05, 0) is 5.56 Å². The molecule has 0 fully saturated rings. The molecule has 1 atom stereocenters. The van der Waals surface area contributed by atoms with Crippen molar-refractivity contribution in [1.82, 2.24) is 15.5 Å². The number of benzene rings is 1. The van der Waals surface area contributed by atoms with E-state index in [2.05, 4.69) is 15.5 Å². The van der Waals surface area contributed by atoms with Crippen LogP contribution in [0.15, 0.2) is 34.7 Å². The van der Waals surface area contributed by atoms with Crippen LogP contribution < -0.4 is 5.32 Å². The van der Waals surface area contributed by atoms with Gasteiger partial charge in [-0.25, -0.2) is 0 Å². The minimum atomic E-state index is -0.405. The molecule has 0 bridgehead atoms. The molecule has 1 N–H and O–H groups in total. The van der Waals surface area contributed by atoms with Gasteiger partial charge in [-0.3, -0.25) is 4.79 Å². The number of aromatic nitrogens is 2. The summed E-state index contributed by atoms with van der Waals surface area (Å²) >= 11 is 0. The molecule has 19 heavy (non-hydrogen) atoms. The van der Waals surface area contributed by atoms with Gasteiger partial charge in [0.15, 0.2) is 0 Å². The number of nitrogens with zero attached hydrogens (tertiary/aromatic N) is 2. The zero-order chi connectivity index (χ0) is 13.8. The lowest BCUT2D eigenvalue weighted by Gasteiger charge is -2.17. The van der Waals surface area contributed by atoms with Gasteiger partial charge in [-0.2, -0.15) is 0 Å². The lowest BCUT2D eigenvalue weighted by molar-refractivity contribution is -0.124. The van der Waals surface area contributed by atoms with Crippen molar-refractivity contribution in [3.05, 3.63) is 47.7 Å². The molecule has 0 radical (unpaired) electrons. The van der Waals surface area contributed by atoms with Crippen molar-refractivity contribution >= 4 is 5.91 Å². The number of aryl methyl sites for hydroxylation is 1. The van der Waals surface area contributed by atoms with Crippen LogP contribution >= 0.6 is 0 Å². The van der Waals surface area contributed by atoms with Crippen molar-refractivity contribution < 1.29 is 9.21 Å². The molecule has 1 unspecified atom stereocenters. The van der Waals surface area contributed by atoms with Crippen LogP contribution in [0.1, 0.15) is 37.2 Å². The van der Waals surface area contributed by atoms with Gasteiger partial charge in [0.05, 0.1) is 0 Å². The summed E-state index contributed by atoms with van der Waals surface area (Å²) in [5, 5.41) is 10.7. The van der Waals surface area contributed by atoms with E-state index in [1.165, 1.54) is 0 Å². The zero-order valence-corrected chi connectivity index (χ0v) is 11.3. The number of carbonyl (C=O) groups excluding carboxylic acids is 1. The van der Waals surface area contributed by atoms with E-state index in [1.807, 2.05) is 44.2 Å². The predicted molar refractivity (Wildman–Crippen MR) is 70.3 cm³/mol. The monoisotopic (exact) mass is 259 g/mol. The van der Waals surface area contributed by atoms with Crippen LogP contribution in [0.5, 0.6) is 0 Å². The van der Waals surface area contributed by atoms with Gasteiger partial charge >= 0.3 is 0 Å². The fourth-order valence-electron chi connectivity index (χ4n) is 1.67. The van der Waals surface area contributed by atoms with Crippen LogP contribution in [0.2, 0.25) is 0 Å². The van der Waals surface area contributed by atoms with Crippen LogP contribution in [-0.4, -0.2) is 16.1 Å². The molecule has 0 saturated heterocycles. The Kier molecular flexibility index (Phi) is 3.94. The summed E-state index contributed by atoms with van der Waals surface area (Å²) in [6.07, 6.45) is 0. The van der Waals surface area contributed by atoms with Crippen LogP contribution in [0.25, 0.3) is 0 Å². The third kappa shape index (κ3) is 3.19. The third-order valence-electron chi connectivity index (χ3n) is 2.73. The molecule has 0 saturated carbocycles. The van der Waals surface area contributed by atoms with Crippen molar-refractivity contribution in [2.24, 2.45) is 5.92 Å². The van der Waals surface area contributed by atoms with Crippen molar-refractivity contribution in [2.45, 2.75) is 26.8 Å². The number of nitrogens with one attached hydrogen (secondary N) is 1. The molecular weight excluding hydrogens is 242 g/mol. The number of hydrogen-bond acceptors (Lipinski definition) is 4. The van der Waals surface area contributed by atoms with Gasteiger partial charge in [0.25, 0.3) is 0 Å². The van der Waals surface area contributed by atoms with E-state index < -0.39 is 6.04 Å². The second-order valence-corrected chi connectivity index (χ2v) is 4.67. The number of amides is 1. The Labute approximate surface area is 112 Å². The molecule has 5 heteroatoms. The van der Waals surface area contributed by atoms with E-state index in [4.69, 9.17) is 4.42 Å². The number of hydrogen-bond donors (Lipinski definition) is 1. The normalized spacial score (nSPS) is 12.4. The minimum Gasteiger partial charge on any atom is -0.423 e. The van der Waals surface area contributed by atoms with Crippen molar-refractivity contribution in [2.75, 3.05) is 0 Å². The second kappa shape index (κ2) is 5.65. The zero-order valence-electron chi connectivity index (χ0n) is 11.3. The minimum absolute atomic E-state index is 0.0512. The number of rotatable bonds is 4. The topological polar surface area (TPSA) is 68.0 Å². The highest BCUT2D eigenvalue weighted by Gasteiger charge is 2.23.